The van der Waals surface area contributed by atoms with Crippen LogP contribution in [-0.2, 0) is 4.74 Å². The zero-order valence-corrected chi connectivity index (χ0v) is 28.5. The van der Waals surface area contributed by atoms with Gasteiger partial charge >= 0.3 is 14.4 Å². The molecule has 0 unspecified atom stereocenters. The Hall–Kier alpha value is -3.14. The molecule has 0 bridgehead atoms. The number of pyridine rings is 1. The van der Waals surface area contributed by atoms with Gasteiger partial charge in [-0.3, -0.25) is 4.98 Å². The first-order valence-electron chi connectivity index (χ1n) is 13.8. The molecule has 0 aliphatic carbocycles. The molecule has 0 aliphatic heterocycles. The van der Waals surface area contributed by atoms with Crippen LogP contribution in [0.1, 0.15) is 41.5 Å². The predicted molar refractivity (Wildman–Crippen MR) is 183 cm³/mol. The summed E-state index contributed by atoms with van der Waals surface area (Å²) in [4.78, 5) is 18.0. The van der Waals surface area contributed by atoms with E-state index in [2.05, 4.69) is 96.9 Å². The monoisotopic (exact) mass is 708 g/mol. The molecule has 0 aliphatic rings. The summed E-state index contributed by atoms with van der Waals surface area (Å²) in [6.45, 7) is 12.3. The molecule has 216 valence electrons. The van der Waals surface area contributed by atoms with Crippen LogP contribution in [0.4, 0.5) is 4.79 Å². The molecule has 0 atom stereocenters. The highest BCUT2D eigenvalue weighted by Crippen LogP contribution is 2.43. The van der Waals surface area contributed by atoms with Gasteiger partial charge in [-0.25, -0.2) is 9.36 Å². The molecule has 5 aromatic rings. The summed E-state index contributed by atoms with van der Waals surface area (Å²) < 4.78 is 15.6. The highest BCUT2D eigenvalue weighted by Gasteiger charge is 2.52. The maximum absolute atomic E-state index is 13.4. The third kappa shape index (κ3) is 5.74. The number of carbonyl (C=O) groups excluding carboxylic acids is 1. The van der Waals surface area contributed by atoms with Crippen LogP contribution in [0.3, 0.4) is 0 Å². The Morgan fingerprint density at radius 2 is 1.45 bits per heavy atom. The first-order chi connectivity index (χ1) is 19.8. The summed E-state index contributed by atoms with van der Waals surface area (Å²) in [5.74, 6) is 0.688. The Bertz CT molecular complexity index is 1700. The molecule has 0 N–H and O–H groups in total. The van der Waals surface area contributed by atoms with Crippen LogP contribution in [-0.4, -0.2) is 29.6 Å². The predicted octanol–water partition coefficient (Wildman–Crippen LogP) is 8.68. The van der Waals surface area contributed by atoms with Crippen molar-refractivity contribution in [2.24, 2.45) is 0 Å². The number of aromatic nitrogens is 2. The number of carbonyl (C=O) groups is 1. The van der Waals surface area contributed by atoms with Crippen molar-refractivity contribution in [3.05, 3.63) is 106 Å². The Morgan fingerprint density at radius 1 is 0.857 bits per heavy atom. The average Bonchev–Trinajstić information content (AvgIpc) is 3.28. The van der Waals surface area contributed by atoms with Crippen LogP contribution < -0.4 is 14.8 Å². The molecular weight excluding hydrogens is 675 g/mol. The van der Waals surface area contributed by atoms with Crippen molar-refractivity contribution < 1.29 is 14.0 Å². The van der Waals surface area contributed by atoms with Crippen LogP contribution in [0.25, 0.3) is 22.2 Å². The van der Waals surface area contributed by atoms with Gasteiger partial charge in [-0.15, -0.1) is 0 Å². The second-order valence-corrected chi connectivity index (χ2v) is 18.1. The smallest absolute Gasteiger partial charge is 0.419 e. The van der Waals surface area contributed by atoms with Gasteiger partial charge in [0.2, 0.25) is 0 Å². The zero-order chi connectivity index (χ0) is 30.3. The second kappa shape index (κ2) is 11.5. The fourth-order valence-electron chi connectivity index (χ4n) is 5.40. The highest BCUT2D eigenvalue weighted by atomic mass is 127. The molecule has 0 radical (unpaired) electrons. The summed E-state index contributed by atoms with van der Waals surface area (Å²) in [6.07, 6.45) is 3.05. The van der Waals surface area contributed by atoms with E-state index in [0.717, 1.165) is 25.1 Å². The highest BCUT2D eigenvalue weighted by molar-refractivity contribution is 14.1. The normalized spacial score (nSPS) is 12.4. The number of benzene rings is 3. The van der Waals surface area contributed by atoms with Crippen molar-refractivity contribution in [3.8, 4) is 16.9 Å². The quantitative estimate of drug-likeness (QED) is 0.136. The molecule has 5 nitrogen and oxygen atoms in total. The van der Waals surface area contributed by atoms with E-state index >= 15 is 0 Å². The van der Waals surface area contributed by atoms with Crippen LogP contribution in [0.15, 0.2) is 97.3 Å². The van der Waals surface area contributed by atoms with E-state index in [-0.39, 0.29) is 5.04 Å². The number of hydrogen-bond donors (Lipinski definition) is 0. The third-order valence-corrected chi connectivity index (χ3v) is 13.1. The number of ether oxygens (including phenoxy) is 1. The summed E-state index contributed by atoms with van der Waals surface area (Å²) in [5, 5.41) is 2.65. The first kappa shape index (κ1) is 30.3. The number of nitrogens with zero attached hydrogens (tertiary/aromatic N) is 2. The molecule has 5 rings (SSSR count). The number of fused-ring (bicyclic) bond motifs is 1. The zero-order valence-electron chi connectivity index (χ0n) is 24.6. The second-order valence-electron chi connectivity index (χ2n) is 12.3. The molecular formula is C34H34ClIN2O3Si. The van der Waals surface area contributed by atoms with Gasteiger partial charge in [-0.1, -0.05) is 93.0 Å². The minimum Gasteiger partial charge on any atom is -0.534 e. The summed E-state index contributed by atoms with van der Waals surface area (Å²) in [6, 6.07) is 28.6. The fourth-order valence-corrected chi connectivity index (χ4v) is 10.7. The third-order valence-electron chi connectivity index (χ3n) is 7.14. The Morgan fingerprint density at radius 3 is 2.00 bits per heavy atom. The Balaban J connectivity index is 1.78. The van der Waals surface area contributed by atoms with Crippen molar-refractivity contribution in [2.45, 2.75) is 52.2 Å². The fraction of sp³-hybridized carbons (Fsp3) is 0.235. The minimum atomic E-state index is -2.96. The van der Waals surface area contributed by atoms with Crippen molar-refractivity contribution >= 4 is 70.0 Å². The lowest BCUT2D eigenvalue weighted by Crippen LogP contribution is -2.68. The van der Waals surface area contributed by atoms with E-state index in [1.165, 1.54) is 4.57 Å². The van der Waals surface area contributed by atoms with Gasteiger partial charge < -0.3 is 9.16 Å². The molecule has 42 heavy (non-hydrogen) atoms. The van der Waals surface area contributed by atoms with Crippen molar-refractivity contribution in [2.75, 3.05) is 0 Å². The number of halogens is 2. The van der Waals surface area contributed by atoms with Crippen LogP contribution in [0.5, 0.6) is 5.75 Å². The number of rotatable bonds is 5. The van der Waals surface area contributed by atoms with Crippen molar-refractivity contribution in [1.29, 1.82) is 0 Å². The van der Waals surface area contributed by atoms with Crippen LogP contribution in [0.2, 0.25) is 10.1 Å². The summed E-state index contributed by atoms with van der Waals surface area (Å²) in [7, 11) is -2.96. The molecule has 0 saturated carbocycles. The molecule has 3 aromatic carbocycles. The lowest BCUT2D eigenvalue weighted by Gasteiger charge is -2.43. The van der Waals surface area contributed by atoms with E-state index in [1.54, 1.807) is 12.4 Å². The molecule has 8 heteroatoms. The van der Waals surface area contributed by atoms with Crippen molar-refractivity contribution in [3.63, 3.8) is 0 Å². The van der Waals surface area contributed by atoms with E-state index in [0.29, 0.717) is 21.8 Å². The van der Waals surface area contributed by atoms with E-state index in [1.807, 2.05) is 57.2 Å². The van der Waals surface area contributed by atoms with Gasteiger partial charge in [0.05, 0.1) is 9.09 Å². The van der Waals surface area contributed by atoms with Gasteiger partial charge in [0.15, 0.2) is 0 Å². The molecule has 0 spiro atoms. The topological polar surface area (TPSA) is 53.4 Å². The largest absolute Gasteiger partial charge is 0.534 e. The lowest BCUT2D eigenvalue weighted by molar-refractivity contribution is 0.0544. The van der Waals surface area contributed by atoms with E-state index in [9.17, 15) is 4.79 Å². The van der Waals surface area contributed by atoms with Crippen LogP contribution >= 0.6 is 34.2 Å². The maximum atomic E-state index is 13.4. The van der Waals surface area contributed by atoms with Crippen molar-refractivity contribution in [1.82, 2.24) is 9.55 Å². The van der Waals surface area contributed by atoms with Gasteiger partial charge in [-0.2, -0.15) is 0 Å². The van der Waals surface area contributed by atoms with E-state index < -0.39 is 20.0 Å². The van der Waals surface area contributed by atoms with Gasteiger partial charge in [0.25, 0.3) is 0 Å². The Labute approximate surface area is 267 Å². The number of hydrogen-bond acceptors (Lipinski definition) is 4. The minimum absolute atomic E-state index is 0.244. The molecule has 0 amide bonds. The van der Waals surface area contributed by atoms with Crippen LogP contribution in [0, 0.1) is 3.57 Å². The van der Waals surface area contributed by atoms with E-state index in [4.69, 9.17) is 20.8 Å². The summed E-state index contributed by atoms with van der Waals surface area (Å²) in [5.41, 5.74) is 2.25. The SMILES string of the molecule is CC(C)(C)OC(=O)n1cc(I)c2nccc(-c3cc(Cl)ccc3O[Si](c3ccccc3)(c3ccccc3)C(C)(C)C)c21. The van der Waals surface area contributed by atoms with Gasteiger partial charge in [-0.05, 0) is 83.0 Å². The van der Waals surface area contributed by atoms with Gasteiger partial charge in [0.1, 0.15) is 16.9 Å². The standard InChI is InChI=1S/C34H34ClIN2O3Si/c1-33(2,3)40-32(39)38-22-28(36)30-31(38)26(19-20-37-30)27-21-23(35)17-18-29(27)41-42(34(4,5)6,24-13-9-7-10-14-24)25-15-11-8-12-16-25/h7-22H,1-6H3. The van der Waals surface area contributed by atoms with Gasteiger partial charge in [0, 0.05) is 28.5 Å². The Kier molecular flexibility index (Phi) is 8.31. The summed E-state index contributed by atoms with van der Waals surface area (Å²) >= 11 is 8.86. The molecule has 2 heterocycles. The average molecular weight is 709 g/mol. The molecule has 0 fully saturated rings. The maximum Gasteiger partial charge on any atom is 0.419 e. The molecule has 0 saturated heterocycles. The molecule has 2 aromatic heterocycles. The lowest BCUT2D eigenvalue weighted by atomic mass is 10.0. The first-order valence-corrected chi connectivity index (χ1v) is 17.2.